The van der Waals surface area contributed by atoms with E-state index in [0.29, 0.717) is 17.9 Å². The fourth-order valence-electron chi connectivity index (χ4n) is 2.00. The first-order valence-electron chi connectivity index (χ1n) is 6.76. The first-order valence-corrected chi connectivity index (χ1v) is 6.76. The summed E-state index contributed by atoms with van der Waals surface area (Å²) in [6.45, 7) is 4.03. The van der Waals surface area contributed by atoms with Crippen LogP contribution in [-0.2, 0) is 11.3 Å². The Morgan fingerprint density at radius 3 is 2.50 bits per heavy atom. The molecule has 0 aliphatic carbocycles. The van der Waals surface area contributed by atoms with Crippen LogP contribution in [0.5, 0.6) is 0 Å². The molecule has 7 heteroatoms. The van der Waals surface area contributed by atoms with E-state index in [1.807, 2.05) is 0 Å². The van der Waals surface area contributed by atoms with E-state index in [4.69, 9.17) is 15.6 Å². The molecule has 22 heavy (non-hydrogen) atoms. The number of esters is 1. The minimum atomic E-state index is -0.981. The number of benzene rings is 1. The summed E-state index contributed by atoms with van der Waals surface area (Å²) in [7, 11) is 0. The molecule has 116 valence electrons. The van der Waals surface area contributed by atoms with Gasteiger partial charge in [-0.05, 0) is 31.5 Å². The molecular weight excluding hydrogens is 286 g/mol. The fraction of sp³-hybridized carbons (Fsp3) is 0.267. The summed E-state index contributed by atoms with van der Waals surface area (Å²) in [5.74, 6) is -1.11. The summed E-state index contributed by atoms with van der Waals surface area (Å²) in [4.78, 5) is 22.6. The van der Waals surface area contributed by atoms with Crippen molar-refractivity contribution in [2.24, 2.45) is 0 Å². The Bertz CT molecular complexity index is 704. The van der Waals surface area contributed by atoms with Gasteiger partial charge in [-0.1, -0.05) is 12.1 Å². The number of rotatable bonds is 5. The Labute approximate surface area is 127 Å². The molecule has 0 fully saturated rings. The zero-order valence-corrected chi connectivity index (χ0v) is 12.4. The van der Waals surface area contributed by atoms with Crippen molar-refractivity contribution in [3.63, 3.8) is 0 Å². The highest BCUT2D eigenvalue weighted by atomic mass is 16.5. The fourth-order valence-corrected chi connectivity index (χ4v) is 2.00. The summed E-state index contributed by atoms with van der Waals surface area (Å²) in [6, 6.07) is 6.39. The molecule has 0 amide bonds. The number of hydrogen-bond acceptors (Lipinski definition) is 5. The van der Waals surface area contributed by atoms with Crippen molar-refractivity contribution < 1.29 is 19.4 Å². The molecule has 0 bridgehead atoms. The predicted octanol–water partition coefficient (Wildman–Crippen LogP) is 1.70. The average molecular weight is 303 g/mol. The molecular formula is C15H17N3O4. The molecule has 2 rings (SSSR count). The number of aromatic carboxylic acids is 1. The number of aromatic nitrogens is 2. The van der Waals surface area contributed by atoms with Crippen LogP contribution in [0.15, 0.2) is 24.3 Å². The highest BCUT2D eigenvalue weighted by Gasteiger charge is 2.19. The van der Waals surface area contributed by atoms with Gasteiger partial charge in [0.2, 0.25) is 0 Å². The molecule has 7 nitrogen and oxygen atoms in total. The van der Waals surface area contributed by atoms with Crippen LogP contribution in [-0.4, -0.2) is 33.4 Å². The van der Waals surface area contributed by atoms with Crippen LogP contribution in [0.1, 0.15) is 38.9 Å². The first-order chi connectivity index (χ1) is 10.4. The van der Waals surface area contributed by atoms with Gasteiger partial charge in [0.15, 0.2) is 5.69 Å². The Morgan fingerprint density at radius 1 is 1.32 bits per heavy atom. The zero-order chi connectivity index (χ0) is 16.3. The van der Waals surface area contributed by atoms with E-state index in [1.54, 1.807) is 26.0 Å². The van der Waals surface area contributed by atoms with Gasteiger partial charge in [-0.15, -0.1) is 0 Å². The Morgan fingerprint density at radius 2 is 1.95 bits per heavy atom. The summed E-state index contributed by atoms with van der Waals surface area (Å²) >= 11 is 0. The standard InChI is InChI=1S/C15H17N3O4/c1-3-22-15(21)12-9(2)13(16)18(17-12)8-10-4-6-11(7-5-10)14(19)20/h4-7H,3,8,16H2,1-2H3,(H,19,20). The van der Waals surface area contributed by atoms with Crippen molar-refractivity contribution in [3.8, 4) is 0 Å². The molecule has 0 spiro atoms. The normalized spacial score (nSPS) is 10.5. The number of nitrogens with zero attached hydrogens (tertiary/aromatic N) is 2. The second-order valence-corrected chi connectivity index (χ2v) is 4.74. The number of carboxylic acids is 1. The molecule has 1 heterocycles. The van der Waals surface area contributed by atoms with E-state index in [-0.39, 0.29) is 17.9 Å². The number of carbonyl (C=O) groups excluding carboxylic acids is 1. The predicted molar refractivity (Wildman–Crippen MR) is 79.8 cm³/mol. The third kappa shape index (κ3) is 3.08. The SMILES string of the molecule is CCOC(=O)c1nn(Cc2ccc(C(=O)O)cc2)c(N)c1C. The lowest BCUT2D eigenvalue weighted by atomic mass is 10.1. The number of carbonyl (C=O) groups is 2. The maximum Gasteiger partial charge on any atom is 0.359 e. The van der Waals surface area contributed by atoms with E-state index < -0.39 is 11.9 Å². The molecule has 0 atom stereocenters. The van der Waals surface area contributed by atoms with Crippen LogP contribution in [0, 0.1) is 6.92 Å². The molecule has 3 N–H and O–H groups in total. The topological polar surface area (TPSA) is 107 Å². The van der Waals surface area contributed by atoms with Crippen molar-refractivity contribution in [3.05, 3.63) is 46.6 Å². The summed E-state index contributed by atoms with van der Waals surface area (Å²) in [5, 5.41) is 13.1. The van der Waals surface area contributed by atoms with Gasteiger partial charge in [-0.25, -0.2) is 14.3 Å². The van der Waals surface area contributed by atoms with Crippen LogP contribution < -0.4 is 5.73 Å². The zero-order valence-electron chi connectivity index (χ0n) is 12.4. The maximum absolute atomic E-state index is 11.8. The molecule has 0 saturated heterocycles. The van der Waals surface area contributed by atoms with Gasteiger partial charge in [0.05, 0.1) is 18.7 Å². The minimum Gasteiger partial charge on any atom is -0.478 e. The van der Waals surface area contributed by atoms with E-state index in [1.165, 1.54) is 16.8 Å². The third-order valence-electron chi connectivity index (χ3n) is 3.24. The van der Waals surface area contributed by atoms with Gasteiger partial charge in [0, 0.05) is 5.56 Å². The largest absolute Gasteiger partial charge is 0.478 e. The second-order valence-electron chi connectivity index (χ2n) is 4.74. The van der Waals surface area contributed by atoms with Gasteiger partial charge >= 0.3 is 11.9 Å². The monoisotopic (exact) mass is 303 g/mol. The van der Waals surface area contributed by atoms with E-state index >= 15 is 0 Å². The number of nitrogen functional groups attached to an aromatic ring is 1. The molecule has 0 radical (unpaired) electrons. The number of ether oxygens (including phenoxy) is 1. The van der Waals surface area contributed by atoms with Crippen molar-refractivity contribution in [2.75, 3.05) is 12.3 Å². The Kier molecular flexibility index (Phi) is 4.45. The van der Waals surface area contributed by atoms with Gasteiger partial charge in [0.25, 0.3) is 0 Å². The molecule has 1 aromatic heterocycles. The molecule has 0 saturated carbocycles. The number of hydrogen-bond donors (Lipinski definition) is 2. The third-order valence-corrected chi connectivity index (χ3v) is 3.24. The van der Waals surface area contributed by atoms with Gasteiger partial charge in [-0.2, -0.15) is 5.10 Å². The van der Waals surface area contributed by atoms with Gasteiger partial charge in [0.1, 0.15) is 5.82 Å². The van der Waals surface area contributed by atoms with Crippen LogP contribution >= 0.6 is 0 Å². The van der Waals surface area contributed by atoms with Crippen molar-refractivity contribution in [2.45, 2.75) is 20.4 Å². The van der Waals surface area contributed by atoms with E-state index in [2.05, 4.69) is 5.10 Å². The van der Waals surface area contributed by atoms with Crippen LogP contribution in [0.4, 0.5) is 5.82 Å². The number of carboxylic acid groups (broad SMARTS) is 1. The number of anilines is 1. The molecule has 0 aliphatic heterocycles. The first kappa shape index (κ1) is 15.6. The summed E-state index contributed by atoms with van der Waals surface area (Å²) < 4.78 is 6.43. The second kappa shape index (κ2) is 6.30. The summed E-state index contributed by atoms with van der Waals surface area (Å²) in [6.07, 6.45) is 0. The van der Waals surface area contributed by atoms with Gasteiger partial charge < -0.3 is 15.6 Å². The van der Waals surface area contributed by atoms with Crippen molar-refractivity contribution in [1.82, 2.24) is 9.78 Å². The van der Waals surface area contributed by atoms with Crippen LogP contribution in [0.2, 0.25) is 0 Å². The lowest BCUT2D eigenvalue weighted by molar-refractivity contribution is 0.0517. The Hall–Kier alpha value is -2.83. The van der Waals surface area contributed by atoms with Crippen molar-refractivity contribution >= 4 is 17.8 Å². The number of nitrogens with two attached hydrogens (primary N) is 1. The van der Waals surface area contributed by atoms with Crippen LogP contribution in [0.3, 0.4) is 0 Å². The Balaban J connectivity index is 2.24. The molecule has 1 aromatic carbocycles. The lowest BCUT2D eigenvalue weighted by Crippen LogP contribution is -2.09. The highest BCUT2D eigenvalue weighted by molar-refractivity contribution is 5.90. The van der Waals surface area contributed by atoms with Crippen molar-refractivity contribution in [1.29, 1.82) is 0 Å². The molecule has 0 aliphatic rings. The maximum atomic E-state index is 11.8. The smallest absolute Gasteiger partial charge is 0.359 e. The summed E-state index contributed by atoms with van der Waals surface area (Å²) in [5.41, 5.74) is 7.76. The van der Waals surface area contributed by atoms with E-state index in [0.717, 1.165) is 5.56 Å². The average Bonchev–Trinajstić information content (AvgIpc) is 2.76. The molecule has 0 unspecified atom stereocenters. The van der Waals surface area contributed by atoms with Crippen LogP contribution in [0.25, 0.3) is 0 Å². The van der Waals surface area contributed by atoms with Gasteiger partial charge in [-0.3, -0.25) is 0 Å². The minimum absolute atomic E-state index is 0.196. The molecule has 2 aromatic rings. The van der Waals surface area contributed by atoms with E-state index in [9.17, 15) is 9.59 Å². The highest BCUT2D eigenvalue weighted by Crippen LogP contribution is 2.18. The quantitative estimate of drug-likeness (QED) is 0.814. The lowest BCUT2D eigenvalue weighted by Gasteiger charge is -2.05.